The summed E-state index contributed by atoms with van der Waals surface area (Å²) in [4.78, 5) is 24.2. The van der Waals surface area contributed by atoms with E-state index in [2.05, 4.69) is 23.1 Å². The Morgan fingerprint density at radius 2 is 2.07 bits per heavy atom. The lowest BCUT2D eigenvalue weighted by Crippen LogP contribution is -2.32. The fourth-order valence-corrected chi connectivity index (χ4v) is 4.06. The van der Waals surface area contributed by atoms with E-state index in [1.54, 1.807) is 29.0 Å². The van der Waals surface area contributed by atoms with Crippen LogP contribution >= 0.6 is 11.3 Å². The SMILES string of the molecule is Cc1ccc2nc(N(Cc3ccccn3)C(=O)c3c(C)cnn3C)sc2c1. The maximum atomic E-state index is 13.4. The number of carbonyl (C=O) groups excluding carboxylic acids is 1. The van der Waals surface area contributed by atoms with Gasteiger partial charge in [0.15, 0.2) is 5.13 Å². The standard InChI is InChI=1S/C20H19N5OS/c1-13-7-8-16-17(10-13)27-20(23-16)25(12-15-6-4-5-9-21-15)19(26)18-14(2)11-22-24(18)3/h4-11H,12H2,1-3H3. The predicted molar refractivity (Wildman–Crippen MR) is 107 cm³/mol. The van der Waals surface area contributed by atoms with Gasteiger partial charge in [0, 0.05) is 13.2 Å². The van der Waals surface area contributed by atoms with E-state index in [1.165, 1.54) is 16.9 Å². The zero-order chi connectivity index (χ0) is 19.0. The first-order valence-corrected chi connectivity index (χ1v) is 9.42. The van der Waals surface area contributed by atoms with Crippen molar-refractivity contribution in [3.8, 4) is 0 Å². The van der Waals surface area contributed by atoms with Crippen LogP contribution in [0.3, 0.4) is 0 Å². The summed E-state index contributed by atoms with van der Waals surface area (Å²) in [5.41, 5.74) is 4.26. The summed E-state index contributed by atoms with van der Waals surface area (Å²) in [6, 6.07) is 11.8. The number of pyridine rings is 1. The Morgan fingerprint density at radius 3 is 2.78 bits per heavy atom. The third-order valence-electron chi connectivity index (χ3n) is 4.38. The number of carbonyl (C=O) groups is 1. The smallest absolute Gasteiger partial charge is 0.277 e. The van der Waals surface area contributed by atoms with Gasteiger partial charge in [0.2, 0.25) is 0 Å². The molecule has 0 saturated carbocycles. The third-order valence-corrected chi connectivity index (χ3v) is 5.42. The average molecular weight is 377 g/mol. The maximum Gasteiger partial charge on any atom is 0.278 e. The van der Waals surface area contributed by atoms with E-state index in [9.17, 15) is 4.79 Å². The highest BCUT2D eigenvalue weighted by molar-refractivity contribution is 7.22. The van der Waals surface area contributed by atoms with Crippen molar-refractivity contribution in [3.63, 3.8) is 0 Å². The Morgan fingerprint density at radius 1 is 1.22 bits per heavy atom. The first-order chi connectivity index (χ1) is 13.0. The van der Waals surface area contributed by atoms with E-state index in [4.69, 9.17) is 4.98 Å². The molecular formula is C20H19N5OS. The molecule has 4 aromatic rings. The highest BCUT2D eigenvalue weighted by atomic mass is 32.1. The minimum absolute atomic E-state index is 0.131. The van der Waals surface area contributed by atoms with Gasteiger partial charge in [-0.25, -0.2) is 4.98 Å². The van der Waals surface area contributed by atoms with Crippen molar-refractivity contribution in [2.24, 2.45) is 7.05 Å². The van der Waals surface area contributed by atoms with Crippen molar-refractivity contribution in [2.45, 2.75) is 20.4 Å². The normalized spacial score (nSPS) is 11.1. The molecular weight excluding hydrogens is 358 g/mol. The summed E-state index contributed by atoms with van der Waals surface area (Å²) in [5, 5.41) is 4.87. The second-order valence-corrected chi connectivity index (χ2v) is 7.49. The van der Waals surface area contributed by atoms with Gasteiger partial charge in [-0.05, 0) is 49.2 Å². The Hall–Kier alpha value is -3.06. The van der Waals surface area contributed by atoms with Gasteiger partial charge >= 0.3 is 0 Å². The highest BCUT2D eigenvalue weighted by Gasteiger charge is 2.26. The first-order valence-electron chi connectivity index (χ1n) is 8.60. The molecule has 6 nitrogen and oxygen atoms in total. The Kier molecular flexibility index (Phi) is 4.45. The molecule has 0 saturated heterocycles. The predicted octanol–water partition coefficient (Wildman–Crippen LogP) is 3.89. The molecule has 7 heteroatoms. The molecule has 0 aliphatic heterocycles. The van der Waals surface area contributed by atoms with Crippen LogP contribution in [0.4, 0.5) is 5.13 Å². The fourth-order valence-electron chi connectivity index (χ4n) is 3.00. The molecule has 3 aromatic heterocycles. The molecule has 0 aliphatic carbocycles. The van der Waals surface area contributed by atoms with Crippen molar-refractivity contribution < 1.29 is 4.79 Å². The first kappa shape index (κ1) is 17.4. The molecule has 1 amide bonds. The summed E-state index contributed by atoms with van der Waals surface area (Å²) in [7, 11) is 1.78. The molecule has 4 rings (SSSR count). The van der Waals surface area contributed by atoms with Crippen LogP contribution in [-0.4, -0.2) is 25.7 Å². The van der Waals surface area contributed by atoms with Crippen LogP contribution in [-0.2, 0) is 13.6 Å². The summed E-state index contributed by atoms with van der Waals surface area (Å²) in [6.45, 7) is 4.29. The molecule has 0 atom stereocenters. The number of thiazole rings is 1. The topological polar surface area (TPSA) is 63.9 Å². The van der Waals surface area contributed by atoms with Crippen molar-refractivity contribution in [1.29, 1.82) is 0 Å². The summed E-state index contributed by atoms with van der Waals surface area (Å²) >= 11 is 1.51. The maximum absolute atomic E-state index is 13.4. The fraction of sp³-hybridized carbons (Fsp3) is 0.200. The lowest BCUT2D eigenvalue weighted by molar-refractivity contribution is 0.0975. The van der Waals surface area contributed by atoms with Crippen molar-refractivity contribution in [2.75, 3.05) is 4.90 Å². The molecule has 0 N–H and O–H groups in total. The molecule has 0 radical (unpaired) electrons. The molecule has 0 spiro atoms. The Labute approximate surface area is 161 Å². The lowest BCUT2D eigenvalue weighted by Gasteiger charge is -2.20. The van der Waals surface area contributed by atoms with E-state index < -0.39 is 0 Å². The van der Waals surface area contributed by atoms with E-state index in [0.29, 0.717) is 17.4 Å². The zero-order valence-corrected chi connectivity index (χ0v) is 16.2. The number of amides is 1. The van der Waals surface area contributed by atoms with Crippen LogP contribution < -0.4 is 4.90 Å². The monoisotopic (exact) mass is 377 g/mol. The van der Waals surface area contributed by atoms with E-state index in [1.807, 2.05) is 37.3 Å². The van der Waals surface area contributed by atoms with Gasteiger partial charge < -0.3 is 0 Å². The van der Waals surface area contributed by atoms with Gasteiger partial charge in [0.05, 0.1) is 28.7 Å². The number of aryl methyl sites for hydroxylation is 3. The van der Waals surface area contributed by atoms with Crippen LogP contribution in [0.15, 0.2) is 48.8 Å². The largest absolute Gasteiger partial charge is 0.278 e. The molecule has 0 unspecified atom stereocenters. The van der Waals surface area contributed by atoms with Crippen LogP contribution in [0.5, 0.6) is 0 Å². The molecule has 3 heterocycles. The molecule has 0 bridgehead atoms. The van der Waals surface area contributed by atoms with Crippen LogP contribution in [0.1, 0.15) is 27.3 Å². The zero-order valence-electron chi connectivity index (χ0n) is 15.4. The van der Waals surface area contributed by atoms with E-state index >= 15 is 0 Å². The average Bonchev–Trinajstić information content (AvgIpc) is 3.22. The van der Waals surface area contributed by atoms with Crippen LogP contribution in [0, 0.1) is 13.8 Å². The number of benzene rings is 1. The number of hydrogen-bond donors (Lipinski definition) is 0. The van der Waals surface area contributed by atoms with Crippen molar-refractivity contribution in [3.05, 3.63) is 71.3 Å². The second-order valence-electron chi connectivity index (χ2n) is 6.48. The van der Waals surface area contributed by atoms with Crippen LogP contribution in [0.2, 0.25) is 0 Å². The number of anilines is 1. The summed E-state index contributed by atoms with van der Waals surface area (Å²) < 4.78 is 2.67. The highest BCUT2D eigenvalue weighted by Crippen LogP contribution is 2.31. The number of aromatic nitrogens is 4. The lowest BCUT2D eigenvalue weighted by atomic mass is 10.2. The summed E-state index contributed by atoms with van der Waals surface area (Å²) in [6.07, 6.45) is 3.43. The van der Waals surface area contributed by atoms with Gasteiger partial charge in [-0.1, -0.05) is 23.5 Å². The quantitative estimate of drug-likeness (QED) is 0.541. The van der Waals surface area contributed by atoms with E-state index in [0.717, 1.165) is 21.5 Å². The van der Waals surface area contributed by atoms with Crippen molar-refractivity contribution >= 4 is 32.6 Å². The molecule has 0 aliphatic rings. The number of fused-ring (bicyclic) bond motifs is 1. The minimum Gasteiger partial charge on any atom is -0.277 e. The molecule has 136 valence electrons. The van der Waals surface area contributed by atoms with Crippen LogP contribution in [0.25, 0.3) is 10.2 Å². The molecule has 1 aromatic carbocycles. The molecule has 0 fully saturated rings. The third kappa shape index (κ3) is 3.33. The van der Waals surface area contributed by atoms with Crippen molar-refractivity contribution in [1.82, 2.24) is 19.7 Å². The van der Waals surface area contributed by atoms with Gasteiger partial charge in [-0.15, -0.1) is 0 Å². The van der Waals surface area contributed by atoms with Gasteiger partial charge in [0.1, 0.15) is 5.69 Å². The van der Waals surface area contributed by atoms with Gasteiger partial charge in [-0.3, -0.25) is 19.4 Å². The number of nitrogens with zero attached hydrogens (tertiary/aromatic N) is 5. The minimum atomic E-state index is -0.131. The van der Waals surface area contributed by atoms with E-state index in [-0.39, 0.29) is 5.91 Å². The van der Waals surface area contributed by atoms with Gasteiger partial charge in [0.25, 0.3) is 5.91 Å². The number of rotatable bonds is 4. The number of hydrogen-bond acceptors (Lipinski definition) is 5. The Balaban J connectivity index is 1.80. The Bertz CT molecular complexity index is 1100. The summed E-state index contributed by atoms with van der Waals surface area (Å²) in [5.74, 6) is -0.131. The second kappa shape index (κ2) is 6.92. The molecule has 27 heavy (non-hydrogen) atoms. The van der Waals surface area contributed by atoms with Gasteiger partial charge in [-0.2, -0.15) is 5.10 Å².